The topological polar surface area (TPSA) is 86.9 Å². The molecule has 2 N–H and O–H groups in total. The lowest BCUT2D eigenvalue weighted by atomic mass is 10.0. The highest BCUT2D eigenvalue weighted by Crippen LogP contribution is 2.37. The summed E-state index contributed by atoms with van der Waals surface area (Å²) in [6, 6.07) is 9.69. The maximum Gasteiger partial charge on any atom is 0.248 e. The Bertz CT molecular complexity index is 1170. The van der Waals surface area contributed by atoms with Crippen molar-refractivity contribution in [3.8, 4) is 23.0 Å². The Labute approximate surface area is 198 Å². The van der Waals surface area contributed by atoms with Gasteiger partial charge in [-0.1, -0.05) is 6.42 Å². The maximum atomic E-state index is 14.4. The first kappa shape index (κ1) is 23.8. The number of nitrogens with zero attached hydrogens (tertiary/aromatic N) is 2. The van der Waals surface area contributed by atoms with E-state index in [0.29, 0.717) is 40.8 Å². The van der Waals surface area contributed by atoms with Crippen LogP contribution in [-0.4, -0.2) is 48.6 Å². The highest BCUT2D eigenvalue weighted by molar-refractivity contribution is 5.93. The SMILES string of the molecule is COc1cc2c(Oc3ccc(C(N)=O)cc3F)ccnc2cc1OCCCN1CCCCC1C. The zero-order valence-electron chi connectivity index (χ0n) is 19.6. The van der Waals surface area contributed by atoms with Crippen LogP contribution in [0.15, 0.2) is 42.6 Å². The largest absolute Gasteiger partial charge is 0.493 e. The lowest BCUT2D eigenvalue weighted by molar-refractivity contribution is 0.1000. The summed E-state index contributed by atoms with van der Waals surface area (Å²) in [6.07, 6.45) is 6.34. The van der Waals surface area contributed by atoms with Crippen molar-refractivity contribution in [2.45, 2.75) is 38.6 Å². The summed E-state index contributed by atoms with van der Waals surface area (Å²) in [4.78, 5) is 18.2. The predicted octanol–water partition coefficient (Wildman–Crippen LogP) is 4.92. The minimum absolute atomic E-state index is 0.0243. The molecule has 7 nitrogen and oxygen atoms in total. The van der Waals surface area contributed by atoms with Crippen molar-refractivity contribution in [1.82, 2.24) is 9.88 Å². The summed E-state index contributed by atoms with van der Waals surface area (Å²) < 4.78 is 31.8. The lowest BCUT2D eigenvalue weighted by Gasteiger charge is -2.33. The zero-order valence-corrected chi connectivity index (χ0v) is 19.6. The number of carbonyl (C=O) groups excluding carboxylic acids is 1. The first-order valence-electron chi connectivity index (χ1n) is 11.6. The molecule has 4 rings (SSSR count). The molecule has 0 saturated carbocycles. The van der Waals surface area contributed by atoms with Crippen molar-refractivity contribution in [3.63, 3.8) is 0 Å². The number of amides is 1. The van der Waals surface area contributed by atoms with Gasteiger partial charge in [0.2, 0.25) is 5.91 Å². The molecule has 1 aliphatic rings. The number of fused-ring (bicyclic) bond motifs is 1. The minimum Gasteiger partial charge on any atom is -0.493 e. The molecule has 0 spiro atoms. The molecule has 1 amide bonds. The van der Waals surface area contributed by atoms with Crippen molar-refractivity contribution in [2.24, 2.45) is 5.73 Å². The number of methoxy groups -OCH3 is 1. The molecule has 1 unspecified atom stereocenters. The third-order valence-electron chi connectivity index (χ3n) is 6.21. The molecule has 2 aromatic carbocycles. The van der Waals surface area contributed by atoms with E-state index in [4.69, 9.17) is 19.9 Å². The molecular weight excluding hydrogens is 437 g/mol. The normalized spacial score (nSPS) is 16.4. The van der Waals surface area contributed by atoms with Gasteiger partial charge in [0.1, 0.15) is 5.75 Å². The number of hydrogen-bond acceptors (Lipinski definition) is 6. The van der Waals surface area contributed by atoms with Gasteiger partial charge in [0.15, 0.2) is 23.1 Å². The second-order valence-corrected chi connectivity index (χ2v) is 8.52. The summed E-state index contributed by atoms with van der Waals surface area (Å²) >= 11 is 0. The van der Waals surface area contributed by atoms with Crippen molar-refractivity contribution < 1.29 is 23.4 Å². The number of benzene rings is 2. The van der Waals surface area contributed by atoms with Gasteiger partial charge in [-0.15, -0.1) is 0 Å². The van der Waals surface area contributed by atoms with E-state index in [0.717, 1.165) is 25.6 Å². The molecular formula is C26H30FN3O4. The summed E-state index contributed by atoms with van der Waals surface area (Å²) in [5, 5.41) is 0.646. The Kier molecular flexibility index (Phi) is 7.47. The number of likely N-dealkylation sites (tertiary alicyclic amines) is 1. The van der Waals surface area contributed by atoms with Crippen LogP contribution in [0.2, 0.25) is 0 Å². The predicted molar refractivity (Wildman–Crippen MR) is 128 cm³/mol. The average molecular weight is 468 g/mol. The first-order valence-corrected chi connectivity index (χ1v) is 11.6. The van der Waals surface area contributed by atoms with E-state index in [1.54, 1.807) is 31.5 Å². The fourth-order valence-electron chi connectivity index (χ4n) is 4.28. The van der Waals surface area contributed by atoms with Gasteiger partial charge in [0, 0.05) is 35.8 Å². The molecule has 8 heteroatoms. The monoisotopic (exact) mass is 467 g/mol. The van der Waals surface area contributed by atoms with E-state index in [2.05, 4.69) is 16.8 Å². The van der Waals surface area contributed by atoms with Crippen LogP contribution in [0.4, 0.5) is 4.39 Å². The van der Waals surface area contributed by atoms with E-state index in [9.17, 15) is 9.18 Å². The van der Waals surface area contributed by atoms with Crippen LogP contribution in [0.5, 0.6) is 23.0 Å². The van der Waals surface area contributed by atoms with Gasteiger partial charge in [-0.05, 0) is 63.1 Å². The summed E-state index contributed by atoms with van der Waals surface area (Å²) in [5.74, 6) is 0.131. The van der Waals surface area contributed by atoms with E-state index < -0.39 is 11.7 Å². The Morgan fingerprint density at radius 1 is 1.15 bits per heavy atom. The highest BCUT2D eigenvalue weighted by Gasteiger charge is 2.18. The van der Waals surface area contributed by atoms with Crippen molar-refractivity contribution in [3.05, 3.63) is 54.0 Å². The molecule has 1 aromatic heterocycles. The number of aromatic nitrogens is 1. The van der Waals surface area contributed by atoms with Gasteiger partial charge in [0.05, 0.1) is 19.2 Å². The van der Waals surface area contributed by atoms with Crippen LogP contribution in [0.25, 0.3) is 10.9 Å². The van der Waals surface area contributed by atoms with Gasteiger partial charge in [-0.25, -0.2) is 4.39 Å². The van der Waals surface area contributed by atoms with E-state index in [1.807, 2.05) is 0 Å². The van der Waals surface area contributed by atoms with E-state index in [1.165, 1.54) is 31.4 Å². The molecule has 3 aromatic rings. The number of carbonyl (C=O) groups is 1. The van der Waals surface area contributed by atoms with Crippen LogP contribution in [0.1, 0.15) is 43.0 Å². The Balaban J connectivity index is 1.49. The lowest BCUT2D eigenvalue weighted by Crippen LogP contribution is -2.38. The fourth-order valence-corrected chi connectivity index (χ4v) is 4.28. The van der Waals surface area contributed by atoms with Crippen LogP contribution >= 0.6 is 0 Å². The number of rotatable bonds is 9. The molecule has 34 heavy (non-hydrogen) atoms. The summed E-state index contributed by atoms with van der Waals surface area (Å²) in [5.41, 5.74) is 5.91. The summed E-state index contributed by atoms with van der Waals surface area (Å²) in [7, 11) is 1.57. The standard InChI is InChI=1S/C26H30FN3O4/c1-17-6-3-4-11-30(17)12-5-13-33-25-16-21-19(15-24(25)32-2)22(9-10-29-21)34-23-8-7-18(26(28)31)14-20(23)27/h7-10,14-17H,3-6,11-13H2,1-2H3,(H2,28,31). The molecule has 0 aliphatic carbocycles. The third kappa shape index (κ3) is 5.39. The molecule has 1 atom stereocenters. The molecule has 1 aliphatic heterocycles. The average Bonchev–Trinajstić information content (AvgIpc) is 2.83. The van der Waals surface area contributed by atoms with Gasteiger partial charge < -0.3 is 24.8 Å². The first-order chi connectivity index (χ1) is 16.5. The number of piperidine rings is 1. The third-order valence-corrected chi connectivity index (χ3v) is 6.21. The van der Waals surface area contributed by atoms with Crippen LogP contribution in [0.3, 0.4) is 0 Å². The van der Waals surface area contributed by atoms with Crippen LogP contribution < -0.4 is 19.9 Å². The van der Waals surface area contributed by atoms with Crippen LogP contribution in [0, 0.1) is 5.82 Å². The number of nitrogens with two attached hydrogens (primary N) is 1. The van der Waals surface area contributed by atoms with Crippen molar-refractivity contribution in [1.29, 1.82) is 0 Å². The molecule has 0 bridgehead atoms. The maximum absolute atomic E-state index is 14.4. The van der Waals surface area contributed by atoms with Crippen molar-refractivity contribution >= 4 is 16.8 Å². The zero-order chi connectivity index (χ0) is 24.1. The van der Waals surface area contributed by atoms with Gasteiger partial charge >= 0.3 is 0 Å². The molecule has 1 fully saturated rings. The Morgan fingerprint density at radius 3 is 2.74 bits per heavy atom. The minimum atomic E-state index is -0.706. The van der Waals surface area contributed by atoms with Gasteiger partial charge in [0.25, 0.3) is 0 Å². The molecule has 180 valence electrons. The highest BCUT2D eigenvalue weighted by atomic mass is 19.1. The second-order valence-electron chi connectivity index (χ2n) is 8.52. The summed E-state index contributed by atoms with van der Waals surface area (Å²) in [6.45, 7) is 5.01. The number of ether oxygens (including phenoxy) is 3. The number of pyridine rings is 1. The van der Waals surface area contributed by atoms with Crippen LogP contribution in [-0.2, 0) is 0 Å². The van der Waals surface area contributed by atoms with E-state index >= 15 is 0 Å². The van der Waals surface area contributed by atoms with Gasteiger partial charge in [-0.3, -0.25) is 9.78 Å². The molecule has 1 saturated heterocycles. The number of halogens is 1. The Morgan fingerprint density at radius 2 is 2.00 bits per heavy atom. The molecule has 0 radical (unpaired) electrons. The number of hydrogen-bond donors (Lipinski definition) is 1. The molecule has 2 heterocycles. The van der Waals surface area contributed by atoms with E-state index in [-0.39, 0.29) is 11.3 Å². The second kappa shape index (κ2) is 10.7. The Hall–Kier alpha value is -3.39. The quantitative estimate of drug-likeness (QED) is 0.450. The smallest absolute Gasteiger partial charge is 0.248 e. The van der Waals surface area contributed by atoms with Gasteiger partial charge in [-0.2, -0.15) is 0 Å². The fraction of sp³-hybridized carbons (Fsp3) is 0.385. The number of primary amides is 1. The van der Waals surface area contributed by atoms with Crippen molar-refractivity contribution in [2.75, 3.05) is 26.8 Å².